The van der Waals surface area contributed by atoms with Crippen LogP contribution < -0.4 is 10.1 Å². The fourth-order valence-electron chi connectivity index (χ4n) is 1.96. The maximum atomic E-state index is 12.1. The molecule has 1 aromatic heterocycles. The van der Waals surface area contributed by atoms with Crippen molar-refractivity contribution >= 4 is 33.2 Å². The average molecular weight is 368 g/mol. The second-order valence-corrected chi connectivity index (χ2v) is 6.95. The highest BCUT2D eigenvalue weighted by Crippen LogP contribution is 2.25. The van der Waals surface area contributed by atoms with Gasteiger partial charge in [0.1, 0.15) is 5.75 Å². The molecule has 2 aromatic rings. The molecule has 0 aliphatic rings. The minimum atomic E-state index is -0.109. The molecule has 1 aromatic carbocycles. The Morgan fingerprint density at radius 2 is 2.14 bits per heavy atom. The maximum absolute atomic E-state index is 12.1. The van der Waals surface area contributed by atoms with Crippen LogP contribution in [0.15, 0.2) is 46.3 Å². The smallest absolute Gasteiger partial charge is 0.258 e. The lowest BCUT2D eigenvalue weighted by atomic mass is 10.0. The molecule has 1 atom stereocenters. The Bertz CT molecular complexity index is 584. The lowest BCUT2D eigenvalue weighted by molar-refractivity contribution is -0.124. The van der Waals surface area contributed by atoms with E-state index in [0.717, 1.165) is 4.47 Å². The Hall–Kier alpha value is -1.33. The summed E-state index contributed by atoms with van der Waals surface area (Å²) in [6.45, 7) is 4.21. The van der Waals surface area contributed by atoms with Gasteiger partial charge in [0.05, 0.1) is 6.04 Å². The third-order valence-electron chi connectivity index (χ3n) is 3.00. The van der Waals surface area contributed by atoms with Gasteiger partial charge in [-0.15, -0.1) is 11.3 Å². The molecular weight excluding hydrogens is 350 g/mol. The summed E-state index contributed by atoms with van der Waals surface area (Å²) in [6.07, 6.45) is 0. The fraction of sp³-hybridized carbons (Fsp3) is 0.312. The molecule has 0 saturated carbocycles. The van der Waals surface area contributed by atoms with Crippen LogP contribution in [0.2, 0.25) is 0 Å². The van der Waals surface area contributed by atoms with Crippen molar-refractivity contribution in [2.24, 2.45) is 5.92 Å². The van der Waals surface area contributed by atoms with Gasteiger partial charge in [-0.3, -0.25) is 4.79 Å². The van der Waals surface area contributed by atoms with Crippen LogP contribution in [-0.4, -0.2) is 12.5 Å². The van der Waals surface area contributed by atoms with Gasteiger partial charge in [0.25, 0.3) is 5.91 Å². The van der Waals surface area contributed by atoms with E-state index in [4.69, 9.17) is 4.74 Å². The van der Waals surface area contributed by atoms with Crippen molar-refractivity contribution in [3.8, 4) is 5.75 Å². The Kier molecular flexibility index (Phi) is 5.82. The Labute approximate surface area is 137 Å². The first-order valence-corrected chi connectivity index (χ1v) is 8.44. The van der Waals surface area contributed by atoms with Gasteiger partial charge in [0.15, 0.2) is 6.61 Å². The standard InChI is InChI=1S/C16H18BrNO2S/c1-11(2)16(14-7-4-8-21-14)18-15(19)10-20-13-6-3-5-12(17)9-13/h3-9,11,16H,10H2,1-2H3,(H,18,19)/t16-/m1/s1. The van der Waals surface area contributed by atoms with Gasteiger partial charge in [-0.25, -0.2) is 0 Å². The van der Waals surface area contributed by atoms with Crippen molar-refractivity contribution in [1.29, 1.82) is 0 Å². The molecule has 0 unspecified atom stereocenters. The van der Waals surface area contributed by atoms with Crippen LogP contribution in [0.1, 0.15) is 24.8 Å². The first-order chi connectivity index (χ1) is 10.1. The highest BCUT2D eigenvalue weighted by molar-refractivity contribution is 9.10. The molecule has 21 heavy (non-hydrogen) atoms. The quantitative estimate of drug-likeness (QED) is 0.821. The molecule has 0 aliphatic carbocycles. The molecule has 0 fully saturated rings. The topological polar surface area (TPSA) is 38.3 Å². The van der Waals surface area contributed by atoms with Crippen LogP contribution in [0, 0.1) is 5.92 Å². The first-order valence-electron chi connectivity index (χ1n) is 6.77. The number of hydrogen-bond acceptors (Lipinski definition) is 3. The zero-order chi connectivity index (χ0) is 15.2. The number of benzene rings is 1. The Morgan fingerprint density at radius 1 is 1.33 bits per heavy atom. The average Bonchev–Trinajstić information content (AvgIpc) is 2.96. The van der Waals surface area contributed by atoms with Gasteiger partial charge in [0.2, 0.25) is 0 Å². The van der Waals surface area contributed by atoms with E-state index in [2.05, 4.69) is 35.1 Å². The van der Waals surface area contributed by atoms with E-state index in [9.17, 15) is 4.79 Å². The number of carbonyl (C=O) groups excluding carboxylic acids is 1. The number of amides is 1. The van der Waals surface area contributed by atoms with Crippen molar-refractivity contribution in [1.82, 2.24) is 5.32 Å². The molecule has 2 rings (SSSR count). The van der Waals surface area contributed by atoms with Crippen molar-refractivity contribution in [3.63, 3.8) is 0 Å². The molecule has 1 N–H and O–H groups in total. The van der Waals surface area contributed by atoms with E-state index >= 15 is 0 Å². The van der Waals surface area contributed by atoms with Gasteiger partial charge in [-0.05, 0) is 35.6 Å². The second-order valence-electron chi connectivity index (χ2n) is 5.05. The predicted octanol–water partition coefficient (Wildman–Crippen LogP) is 4.40. The molecule has 5 heteroatoms. The summed E-state index contributed by atoms with van der Waals surface area (Å²) in [5.74, 6) is 0.900. The first kappa shape index (κ1) is 16.0. The van der Waals surface area contributed by atoms with Crippen LogP contribution in [0.25, 0.3) is 0 Å². The van der Waals surface area contributed by atoms with Crippen LogP contribution in [0.3, 0.4) is 0 Å². The maximum Gasteiger partial charge on any atom is 0.258 e. The van der Waals surface area contributed by atoms with Gasteiger partial charge < -0.3 is 10.1 Å². The van der Waals surface area contributed by atoms with Crippen molar-refractivity contribution in [2.75, 3.05) is 6.61 Å². The van der Waals surface area contributed by atoms with Crippen LogP contribution in [0.4, 0.5) is 0 Å². The van der Waals surface area contributed by atoms with Crippen molar-refractivity contribution in [2.45, 2.75) is 19.9 Å². The highest BCUT2D eigenvalue weighted by atomic mass is 79.9. The molecule has 0 radical (unpaired) electrons. The summed E-state index contributed by atoms with van der Waals surface area (Å²) in [6, 6.07) is 11.5. The van der Waals surface area contributed by atoms with Gasteiger partial charge in [-0.1, -0.05) is 41.9 Å². The van der Waals surface area contributed by atoms with Crippen LogP contribution >= 0.6 is 27.3 Å². The second kappa shape index (κ2) is 7.61. The molecule has 0 spiro atoms. The minimum Gasteiger partial charge on any atom is -0.484 e. The number of rotatable bonds is 6. The molecule has 0 bridgehead atoms. The highest BCUT2D eigenvalue weighted by Gasteiger charge is 2.19. The third-order valence-corrected chi connectivity index (χ3v) is 4.45. The SMILES string of the molecule is CC(C)[C@@H](NC(=O)COc1cccc(Br)c1)c1cccs1. The molecular formula is C16H18BrNO2S. The zero-order valence-corrected chi connectivity index (χ0v) is 14.4. The number of ether oxygens (including phenoxy) is 1. The van der Waals surface area contributed by atoms with Crippen molar-refractivity contribution in [3.05, 3.63) is 51.1 Å². The van der Waals surface area contributed by atoms with Gasteiger partial charge in [-0.2, -0.15) is 0 Å². The number of nitrogens with one attached hydrogen (secondary N) is 1. The molecule has 1 amide bonds. The molecule has 112 valence electrons. The van der Waals surface area contributed by atoms with E-state index < -0.39 is 0 Å². The van der Waals surface area contributed by atoms with E-state index in [0.29, 0.717) is 11.7 Å². The van der Waals surface area contributed by atoms with E-state index in [1.807, 2.05) is 41.8 Å². The van der Waals surface area contributed by atoms with Gasteiger partial charge in [0, 0.05) is 9.35 Å². The van der Waals surface area contributed by atoms with Crippen LogP contribution in [0.5, 0.6) is 5.75 Å². The summed E-state index contributed by atoms with van der Waals surface area (Å²) in [4.78, 5) is 13.2. The summed E-state index contributed by atoms with van der Waals surface area (Å²) in [5.41, 5.74) is 0. The molecule has 3 nitrogen and oxygen atoms in total. The molecule has 1 heterocycles. The van der Waals surface area contributed by atoms with E-state index in [1.165, 1.54) is 4.88 Å². The summed E-state index contributed by atoms with van der Waals surface area (Å²) in [5, 5.41) is 5.06. The largest absolute Gasteiger partial charge is 0.484 e. The predicted molar refractivity (Wildman–Crippen MR) is 89.7 cm³/mol. The summed E-state index contributed by atoms with van der Waals surface area (Å²) >= 11 is 5.03. The van der Waals surface area contributed by atoms with Gasteiger partial charge >= 0.3 is 0 Å². The lowest BCUT2D eigenvalue weighted by Crippen LogP contribution is -2.34. The van der Waals surface area contributed by atoms with Crippen molar-refractivity contribution < 1.29 is 9.53 Å². The zero-order valence-electron chi connectivity index (χ0n) is 12.0. The normalized spacial score (nSPS) is 12.2. The number of carbonyl (C=O) groups is 1. The monoisotopic (exact) mass is 367 g/mol. The minimum absolute atomic E-state index is 0.0189. The summed E-state index contributed by atoms with van der Waals surface area (Å²) < 4.78 is 6.44. The lowest BCUT2D eigenvalue weighted by Gasteiger charge is -2.21. The Morgan fingerprint density at radius 3 is 2.76 bits per heavy atom. The fourth-order valence-corrected chi connectivity index (χ4v) is 3.28. The molecule has 0 saturated heterocycles. The number of hydrogen-bond donors (Lipinski definition) is 1. The Balaban J connectivity index is 1.91. The molecule has 0 aliphatic heterocycles. The van der Waals surface area contributed by atoms with E-state index in [1.54, 1.807) is 11.3 Å². The number of halogens is 1. The summed E-state index contributed by atoms with van der Waals surface area (Å²) in [7, 11) is 0. The number of thiophene rings is 1. The third kappa shape index (κ3) is 4.86. The van der Waals surface area contributed by atoms with E-state index in [-0.39, 0.29) is 18.6 Å². The van der Waals surface area contributed by atoms with Crippen LogP contribution in [-0.2, 0) is 4.79 Å².